The van der Waals surface area contributed by atoms with Crippen LogP contribution in [0.5, 0.6) is 0 Å². The Morgan fingerprint density at radius 3 is 3.12 bits per heavy atom. The molecule has 6 nitrogen and oxygen atoms in total. The van der Waals surface area contributed by atoms with E-state index in [1.807, 2.05) is 4.90 Å². The van der Waals surface area contributed by atoms with Crippen LogP contribution >= 0.6 is 0 Å². The van der Waals surface area contributed by atoms with Gasteiger partial charge in [-0.15, -0.1) is 0 Å². The number of anilines is 1. The number of piperazine rings is 1. The van der Waals surface area contributed by atoms with Gasteiger partial charge in [-0.2, -0.15) is 0 Å². The van der Waals surface area contributed by atoms with Crippen molar-refractivity contribution in [1.29, 1.82) is 0 Å². The Morgan fingerprint density at radius 1 is 1.65 bits per heavy atom. The topological polar surface area (TPSA) is 82.5 Å². The predicted octanol–water partition coefficient (Wildman–Crippen LogP) is 0.104. The first-order valence-electron chi connectivity index (χ1n) is 5.33. The zero-order chi connectivity index (χ0) is 12.4. The fraction of sp³-hybridized carbons (Fsp3) is 0.364. The van der Waals surface area contributed by atoms with E-state index in [9.17, 15) is 9.59 Å². The first-order chi connectivity index (χ1) is 8.09. The van der Waals surface area contributed by atoms with E-state index in [0.29, 0.717) is 18.8 Å². The molecule has 1 aliphatic heterocycles. The Morgan fingerprint density at radius 2 is 2.41 bits per heavy atom. The molecule has 1 saturated heterocycles. The van der Waals surface area contributed by atoms with Crippen molar-refractivity contribution in [2.45, 2.75) is 13.0 Å². The number of aromatic nitrogens is 1. The second-order valence-corrected chi connectivity index (χ2v) is 3.86. The Labute approximate surface area is 98.3 Å². The highest BCUT2D eigenvalue weighted by Gasteiger charge is 2.25. The molecule has 90 valence electrons. The standard InChI is InChI=1S/C11H13N3O3/c1-7-10(15)13-4-5-14(7)8-2-3-12-9(6-8)11(16)17/h2-3,6-7H,4-5H2,1H3,(H,13,15)(H,16,17). The average Bonchev–Trinajstić information content (AvgIpc) is 2.33. The minimum absolute atomic E-state index is 0.0133. The van der Waals surface area contributed by atoms with Gasteiger partial charge in [0.2, 0.25) is 5.91 Å². The van der Waals surface area contributed by atoms with Gasteiger partial charge in [0.15, 0.2) is 0 Å². The van der Waals surface area contributed by atoms with Crippen LogP contribution in [0.1, 0.15) is 17.4 Å². The molecule has 2 heterocycles. The summed E-state index contributed by atoms with van der Waals surface area (Å²) in [5, 5.41) is 11.6. The van der Waals surface area contributed by atoms with Crippen LogP contribution in [0.25, 0.3) is 0 Å². The SMILES string of the molecule is CC1C(=O)NCCN1c1ccnc(C(=O)O)c1. The number of aromatic carboxylic acids is 1. The molecular formula is C11H13N3O3. The molecule has 1 atom stereocenters. The van der Waals surface area contributed by atoms with Gasteiger partial charge in [-0.3, -0.25) is 4.79 Å². The number of nitrogens with one attached hydrogen (secondary N) is 1. The number of pyridine rings is 1. The van der Waals surface area contributed by atoms with Gasteiger partial charge in [0.05, 0.1) is 0 Å². The van der Waals surface area contributed by atoms with E-state index in [1.54, 1.807) is 13.0 Å². The summed E-state index contributed by atoms with van der Waals surface area (Å²) >= 11 is 0. The van der Waals surface area contributed by atoms with E-state index in [4.69, 9.17) is 5.11 Å². The van der Waals surface area contributed by atoms with Crippen molar-refractivity contribution in [1.82, 2.24) is 10.3 Å². The molecule has 1 aromatic heterocycles. The molecule has 1 fully saturated rings. The molecule has 1 amide bonds. The van der Waals surface area contributed by atoms with Gasteiger partial charge in [0.25, 0.3) is 0 Å². The highest BCUT2D eigenvalue weighted by atomic mass is 16.4. The zero-order valence-electron chi connectivity index (χ0n) is 9.38. The smallest absolute Gasteiger partial charge is 0.354 e. The maximum Gasteiger partial charge on any atom is 0.354 e. The quantitative estimate of drug-likeness (QED) is 0.760. The third-order valence-corrected chi connectivity index (χ3v) is 2.79. The highest BCUT2D eigenvalue weighted by molar-refractivity contribution is 5.88. The van der Waals surface area contributed by atoms with Crippen molar-refractivity contribution in [3.05, 3.63) is 24.0 Å². The molecule has 0 spiro atoms. The van der Waals surface area contributed by atoms with Crippen LogP contribution in [-0.4, -0.2) is 41.1 Å². The van der Waals surface area contributed by atoms with Crippen molar-refractivity contribution >= 4 is 17.6 Å². The van der Waals surface area contributed by atoms with Crippen LogP contribution in [0.3, 0.4) is 0 Å². The Kier molecular flexibility index (Phi) is 2.95. The lowest BCUT2D eigenvalue weighted by molar-refractivity contribution is -0.122. The van der Waals surface area contributed by atoms with Gasteiger partial charge in [-0.05, 0) is 19.1 Å². The summed E-state index contributed by atoms with van der Waals surface area (Å²) in [6.07, 6.45) is 1.44. The molecule has 2 N–H and O–H groups in total. The lowest BCUT2D eigenvalue weighted by Crippen LogP contribution is -2.54. The van der Waals surface area contributed by atoms with E-state index >= 15 is 0 Å². The van der Waals surface area contributed by atoms with Crippen LogP contribution in [0.4, 0.5) is 5.69 Å². The van der Waals surface area contributed by atoms with E-state index in [1.165, 1.54) is 12.3 Å². The van der Waals surface area contributed by atoms with E-state index in [-0.39, 0.29) is 17.6 Å². The number of carboxylic acid groups (broad SMARTS) is 1. The van der Waals surface area contributed by atoms with Gasteiger partial charge < -0.3 is 15.3 Å². The molecule has 1 unspecified atom stereocenters. The van der Waals surface area contributed by atoms with Crippen molar-refractivity contribution in [3.8, 4) is 0 Å². The summed E-state index contributed by atoms with van der Waals surface area (Å²) in [6.45, 7) is 3.01. The van der Waals surface area contributed by atoms with E-state index in [2.05, 4.69) is 10.3 Å². The van der Waals surface area contributed by atoms with E-state index < -0.39 is 5.97 Å². The second kappa shape index (κ2) is 4.40. The maximum atomic E-state index is 11.5. The molecule has 17 heavy (non-hydrogen) atoms. The third kappa shape index (κ3) is 2.20. The summed E-state index contributed by atoms with van der Waals surface area (Å²) in [7, 11) is 0. The van der Waals surface area contributed by atoms with Gasteiger partial charge >= 0.3 is 5.97 Å². The maximum absolute atomic E-state index is 11.5. The normalized spacial score (nSPS) is 19.9. The van der Waals surface area contributed by atoms with Crippen molar-refractivity contribution in [2.24, 2.45) is 0 Å². The first-order valence-corrected chi connectivity index (χ1v) is 5.33. The van der Waals surface area contributed by atoms with Crippen LogP contribution in [-0.2, 0) is 4.79 Å². The summed E-state index contributed by atoms with van der Waals surface area (Å²) in [4.78, 5) is 28.0. The number of rotatable bonds is 2. The van der Waals surface area contributed by atoms with Crippen molar-refractivity contribution < 1.29 is 14.7 Å². The van der Waals surface area contributed by atoms with Crippen LogP contribution in [0.2, 0.25) is 0 Å². The largest absolute Gasteiger partial charge is 0.477 e. The molecule has 0 aliphatic carbocycles. The number of carbonyl (C=O) groups is 2. The number of amides is 1. The van der Waals surface area contributed by atoms with Gasteiger partial charge in [0, 0.05) is 25.0 Å². The number of nitrogens with zero attached hydrogens (tertiary/aromatic N) is 2. The number of hydrogen-bond acceptors (Lipinski definition) is 4. The third-order valence-electron chi connectivity index (χ3n) is 2.79. The molecule has 0 radical (unpaired) electrons. The van der Waals surface area contributed by atoms with Crippen LogP contribution < -0.4 is 10.2 Å². The summed E-state index contributed by atoms with van der Waals surface area (Å²) in [5.74, 6) is -1.12. The number of carbonyl (C=O) groups excluding carboxylic acids is 1. The molecule has 6 heteroatoms. The molecule has 2 rings (SSSR count). The Hall–Kier alpha value is -2.11. The van der Waals surface area contributed by atoms with Crippen molar-refractivity contribution in [3.63, 3.8) is 0 Å². The minimum Gasteiger partial charge on any atom is -0.477 e. The Balaban J connectivity index is 2.29. The Bertz CT molecular complexity index is 461. The molecule has 0 bridgehead atoms. The van der Waals surface area contributed by atoms with Gasteiger partial charge in [0.1, 0.15) is 11.7 Å². The lowest BCUT2D eigenvalue weighted by atomic mass is 10.1. The van der Waals surface area contributed by atoms with E-state index in [0.717, 1.165) is 0 Å². The number of hydrogen-bond donors (Lipinski definition) is 2. The van der Waals surface area contributed by atoms with Crippen molar-refractivity contribution in [2.75, 3.05) is 18.0 Å². The minimum atomic E-state index is -1.07. The first kappa shape index (κ1) is 11.4. The summed E-state index contributed by atoms with van der Waals surface area (Å²) < 4.78 is 0. The summed E-state index contributed by atoms with van der Waals surface area (Å²) in [5.41, 5.74) is 0.695. The fourth-order valence-electron chi connectivity index (χ4n) is 1.85. The highest BCUT2D eigenvalue weighted by Crippen LogP contribution is 2.18. The van der Waals surface area contributed by atoms with Crippen LogP contribution in [0.15, 0.2) is 18.3 Å². The summed E-state index contributed by atoms with van der Waals surface area (Å²) in [6, 6.07) is 2.90. The molecule has 1 aromatic rings. The zero-order valence-corrected chi connectivity index (χ0v) is 9.38. The lowest BCUT2D eigenvalue weighted by Gasteiger charge is -2.34. The number of carboxylic acids is 1. The molecule has 0 aromatic carbocycles. The average molecular weight is 235 g/mol. The monoisotopic (exact) mass is 235 g/mol. The molecular weight excluding hydrogens is 222 g/mol. The van der Waals surface area contributed by atoms with Gasteiger partial charge in [-0.25, -0.2) is 9.78 Å². The fourth-order valence-corrected chi connectivity index (χ4v) is 1.85. The predicted molar refractivity (Wildman–Crippen MR) is 61.0 cm³/mol. The van der Waals surface area contributed by atoms with Gasteiger partial charge in [-0.1, -0.05) is 0 Å². The second-order valence-electron chi connectivity index (χ2n) is 3.86. The van der Waals surface area contributed by atoms with Crippen LogP contribution in [0, 0.1) is 0 Å². The molecule has 0 saturated carbocycles. The molecule has 1 aliphatic rings.